The summed E-state index contributed by atoms with van der Waals surface area (Å²) in [6, 6.07) is 12.8. The van der Waals surface area contributed by atoms with Crippen molar-refractivity contribution in [1.82, 2.24) is 0 Å². The van der Waals surface area contributed by atoms with E-state index in [1.165, 1.54) is 22.4 Å². The third-order valence-corrected chi connectivity index (χ3v) is 5.25. The quantitative estimate of drug-likeness (QED) is 0.903. The Bertz CT molecular complexity index is 700. The van der Waals surface area contributed by atoms with E-state index in [1.54, 1.807) is 19.1 Å². The van der Waals surface area contributed by atoms with Crippen molar-refractivity contribution in [3.63, 3.8) is 0 Å². The number of anilines is 1. The first kappa shape index (κ1) is 17.6. The summed E-state index contributed by atoms with van der Waals surface area (Å²) < 4.78 is 10.8. The average Bonchev–Trinajstić information content (AvgIpc) is 2.64. The third-order valence-electron chi connectivity index (χ3n) is 5.25. The van der Waals surface area contributed by atoms with E-state index in [-0.39, 0.29) is 0 Å². The van der Waals surface area contributed by atoms with Crippen molar-refractivity contribution in [3.05, 3.63) is 53.1 Å². The topological polar surface area (TPSA) is 26.1 Å². The second-order valence-electron chi connectivity index (χ2n) is 6.85. The summed E-state index contributed by atoms with van der Waals surface area (Å²) in [5.74, 6) is 1.73. The molecular formula is C21H29N2O2+. The molecule has 0 amide bonds. The number of aryl methyl sites for hydroxylation is 1. The van der Waals surface area contributed by atoms with Gasteiger partial charge in [0.05, 0.1) is 40.4 Å². The summed E-state index contributed by atoms with van der Waals surface area (Å²) in [6.07, 6.45) is 0. The van der Waals surface area contributed by atoms with Gasteiger partial charge in [-0.05, 0) is 43.2 Å². The lowest BCUT2D eigenvalue weighted by molar-refractivity contribution is -0.914. The highest BCUT2D eigenvalue weighted by Crippen LogP contribution is 2.23. The number of hydrogen-bond donors (Lipinski definition) is 1. The van der Waals surface area contributed by atoms with Crippen molar-refractivity contribution < 1.29 is 14.4 Å². The lowest BCUT2D eigenvalue weighted by atomic mass is 10.1. The van der Waals surface area contributed by atoms with Gasteiger partial charge in [0.2, 0.25) is 0 Å². The van der Waals surface area contributed by atoms with E-state index in [0.717, 1.165) is 44.2 Å². The van der Waals surface area contributed by atoms with E-state index in [1.807, 2.05) is 6.07 Å². The SMILES string of the molecule is COc1cc(C[NH+]2CCN(c3cccc(C)c3C)CC2)cc(OC)c1. The van der Waals surface area contributed by atoms with Crippen LogP contribution in [0.3, 0.4) is 0 Å². The van der Waals surface area contributed by atoms with Crippen molar-refractivity contribution >= 4 is 5.69 Å². The minimum Gasteiger partial charge on any atom is -0.497 e. The van der Waals surface area contributed by atoms with E-state index in [4.69, 9.17) is 9.47 Å². The Kier molecular flexibility index (Phi) is 5.49. The molecule has 25 heavy (non-hydrogen) atoms. The zero-order valence-electron chi connectivity index (χ0n) is 15.8. The van der Waals surface area contributed by atoms with Crippen LogP contribution < -0.4 is 19.3 Å². The molecule has 4 heteroatoms. The minimum atomic E-state index is 0.864. The first-order valence-electron chi connectivity index (χ1n) is 8.97. The summed E-state index contributed by atoms with van der Waals surface area (Å²) >= 11 is 0. The van der Waals surface area contributed by atoms with Crippen molar-refractivity contribution in [2.75, 3.05) is 45.3 Å². The molecule has 2 aromatic carbocycles. The molecule has 4 nitrogen and oxygen atoms in total. The molecule has 134 valence electrons. The highest BCUT2D eigenvalue weighted by molar-refractivity contribution is 5.56. The monoisotopic (exact) mass is 341 g/mol. The standard InChI is InChI=1S/C21H28N2O2/c1-16-6-5-7-21(17(16)2)23-10-8-22(9-11-23)15-18-12-19(24-3)14-20(13-18)25-4/h5-7,12-14H,8-11,15H2,1-4H3/p+1. The number of nitrogens with zero attached hydrogens (tertiary/aromatic N) is 1. The van der Waals surface area contributed by atoms with Crippen LogP contribution in [0.1, 0.15) is 16.7 Å². The smallest absolute Gasteiger partial charge is 0.123 e. The molecule has 1 aliphatic heterocycles. The molecule has 0 saturated carbocycles. The molecule has 0 radical (unpaired) electrons. The van der Waals surface area contributed by atoms with E-state index >= 15 is 0 Å². The number of rotatable bonds is 5. The van der Waals surface area contributed by atoms with Gasteiger partial charge in [-0.1, -0.05) is 12.1 Å². The Balaban J connectivity index is 1.64. The molecule has 0 spiro atoms. The molecule has 1 N–H and O–H groups in total. The van der Waals surface area contributed by atoms with Gasteiger partial charge in [0.1, 0.15) is 18.0 Å². The maximum Gasteiger partial charge on any atom is 0.123 e. The zero-order chi connectivity index (χ0) is 17.8. The molecule has 0 unspecified atom stereocenters. The summed E-state index contributed by atoms with van der Waals surface area (Å²) in [5.41, 5.74) is 5.44. The second-order valence-corrected chi connectivity index (χ2v) is 6.85. The summed E-state index contributed by atoms with van der Waals surface area (Å²) in [6.45, 7) is 9.92. The number of piperazine rings is 1. The average molecular weight is 341 g/mol. The van der Waals surface area contributed by atoms with Crippen LogP contribution in [-0.4, -0.2) is 40.4 Å². The molecule has 0 atom stereocenters. The Labute approximate surface area is 151 Å². The molecule has 3 rings (SSSR count). The van der Waals surface area contributed by atoms with Gasteiger partial charge in [0.15, 0.2) is 0 Å². The van der Waals surface area contributed by atoms with E-state index < -0.39 is 0 Å². The molecule has 1 fully saturated rings. The lowest BCUT2D eigenvalue weighted by Gasteiger charge is -2.34. The minimum absolute atomic E-state index is 0.864. The highest BCUT2D eigenvalue weighted by atomic mass is 16.5. The largest absolute Gasteiger partial charge is 0.497 e. The fourth-order valence-corrected chi connectivity index (χ4v) is 3.58. The van der Waals surface area contributed by atoms with Crippen molar-refractivity contribution in [1.29, 1.82) is 0 Å². The summed E-state index contributed by atoms with van der Waals surface area (Å²) in [7, 11) is 3.41. The molecule has 0 aromatic heterocycles. The van der Waals surface area contributed by atoms with E-state index in [2.05, 4.69) is 49.1 Å². The van der Waals surface area contributed by atoms with Crippen LogP contribution in [0.25, 0.3) is 0 Å². The molecule has 1 saturated heterocycles. The number of quaternary nitrogens is 1. The Morgan fingerprint density at radius 3 is 2.20 bits per heavy atom. The van der Waals surface area contributed by atoms with Crippen LogP contribution in [0.15, 0.2) is 36.4 Å². The van der Waals surface area contributed by atoms with Gasteiger partial charge in [-0.3, -0.25) is 0 Å². The molecule has 0 aliphatic carbocycles. The van der Waals surface area contributed by atoms with Crippen LogP contribution >= 0.6 is 0 Å². The number of hydrogen-bond acceptors (Lipinski definition) is 3. The normalized spacial score (nSPS) is 15.3. The number of ether oxygens (including phenoxy) is 2. The van der Waals surface area contributed by atoms with E-state index in [9.17, 15) is 0 Å². The van der Waals surface area contributed by atoms with Gasteiger partial charge in [0, 0.05) is 17.3 Å². The number of methoxy groups -OCH3 is 2. The zero-order valence-corrected chi connectivity index (χ0v) is 15.8. The van der Waals surface area contributed by atoms with Crippen molar-refractivity contribution in [2.45, 2.75) is 20.4 Å². The fraction of sp³-hybridized carbons (Fsp3) is 0.429. The molecule has 2 aromatic rings. The first-order valence-corrected chi connectivity index (χ1v) is 8.97. The Morgan fingerprint density at radius 2 is 1.60 bits per heavy atom. The van der Waals surface area contributed by atoms with Crippen LogP contribution in [0.2, 0.25) is 0 Å². The Morgan fingerprint density at radius 1 is 0.960 bits per heavy atom. The number of nitrogens with one attached hydrogen (secondary N) is 1. The summed E-state index contributed by atoms with van der Waals surface area (Å²) in [4.78, 5) is 4.13. The molecular weight excluding hydrogens is 312 g/mol. The van der Waals surface area contributed by atoms with Crippen molar-refractivity contribution in [3.8, 4) is 11.5 Å². The number of benzene rings is 2. The molecule has 1 heterocycles. The van der Waals surface area contributed by atoms with Gasteiger partial charge < -0.3 is 19.3 Å². The van der Waals surface area contributed by atoms with Crippen molar-refractivity contribution in [2.24, 2.45) is 0 Å². The van der Waals surface area contributed by atoms with Crippen LogP contribution in [0.5, 0.6) is 11.5 Å². The second kappa shape index (κ2) is 7.79. The van der Waals surface area contributed by atoms with Gasteiger partial charge in [-0.15, -0.1) is 0 Å². The maximum absolute atomic E-state index is 5.39. The fourth-order valence-electron chi connectivity index (χ4n) is 3.58. The molecule has 1 aliphatic rings. The molecule has 0 bridgehead atoms. The van der Waals surface area contributed by atoms with Crippen LogP contribution in [0.4, 0.5) is 5.69 Å². The van der Waals surface area contributed by atoms with Crippen LogP contribution in [-0.2, 0) is 6.54 Å². The predicted molar refractivity (Wildman–Crippen MR) is 102 cm³/mol. The van der Waals surface area contributed by atoms with Gasteiger partial charge in [0.25, 0.3) is 0 Å². The van der Waals surface area contributed by atoms with Gasteiger partial charge in [-0.2, -0.15) is 0 Å². The lowest BCUT2D eigenvalue weighted by Crippen LogP contribution is -3.13. The highest BCUT2D eigenvalue weighted by Gasteiger charge is 2.22. The van der Waals surface area contributed by atoms with Crippen LogP contribution in [0, 0.1) is 13.8 Å². The Hall–Kier alpha value is -2.20. The van der Waals surface area contributed by atoms with E-state index in [0.29, 0.717) is 0 Å². The van der Waals surface area contributed by atoms with Gasteiger partial charge >= 0.3 is 0 Å². The first-order chi connectivity index (χ1) is 12.1. The maximum atomic E-state index is 5.39. The van der Waals surface area contributed by atoms with Gasteiger partial charge in [-0.25, -0.2) is 0 Å². The predicted octanol–water partition coefficient (Wildman–Crippen LogP) is 2.23. The summed E-state index contributed by atoms with van der Waals surface area (Å²) in [5, 5.41) is 0. The third kappa shape index (κ3) is 4.07.